The summed E-state index contributed by atoms with van der Waals surface area (Å²) < 4.78 is 4.74. The summed E-state index contributed by atoms with van der Waals surface area (Å²) in [6.45, 7) is 8.19. The number of rotatable bonds is 5. The summed E-state index contributed by atoms with van der Waals surface area (Å²) in [5.41, 5.74) is 0. The van der Waals surface area contributed by atoms with E-state index in [0.29, 0.717) is 13.2 Å². The van der Waals surface area contributed by atoms with Gasteiger partial charge in [-0.25, -0.2) is 4.79 Å². The second-order valence-electron chi connectivity index (χ2n) is 1.98. The Morgan fingerprint density at radius 3 is 2.67 bits per heavy atom. The molecule has 0 aliphatic carbocycles. The molecule has 12 heavy (non-hydrogen) atoms. The third kappa shape index (κ3) is 3.98. The van der Waals surface area contributed by atoms with Crippen LogP contribution in [0.2, 0.25) is 0 Å². The van der Waals surface area contributed by atoms with Gasteiger partial charge in [0.15, 0.2) is 0 Å². The first kappa shape index (κ1) is 11.0. The Kier molecular flexibility index (Phi) is 6.09. The van der Waals surface area contributed by atoms with Gasteiger partial charge in [0.25, 0.3) is 0 Å². The second kappa shape index (κ2) is 6.67. The van der Waals surface area contributed by atoms with E-state index < -0.39 is 6.09 Å². The fourth-order valence-electron chi connectivity index (χ4n) is 0.631. The molecule has 0 radical (unpaired) electrons. The van der Waals surface area contributed by atoms with E-state index >= 15 is 0 Å². The lowest BCUT2D eigenvalue weighted by Crippen LogP contribution is -2.31. The smallest absolute Gasteiger partial charge is 0.434 e. The number of amides is 1. The van der Waals surface area contributed by atoms with Crippen LogP contribution in [-0.2, 0) is 9.57 Å². The number of hydrogen-bond acceptors (Lipinski definition) is 3. The van der Waals surface area contributed by atoms with Crippen molar-refractivity contribution >= 4 is 6.09 Å². The molecule has 4 nitrogen and oxygen atoms in total. The van der Waals surface area contributed by atoms with Crippen molar-refractivity contribution in [3.05, 3.63) is 12.7 Å². The summed E-state index contributed by atoms with van der Waals surface area (Å²) in [6.07, 6.45) is 1.04. The van der Waals surface area contributed by atoms with Crippen LogP contribution in [0.1, 0.15) is 13.8 Å². The van der Waals surface area contributed by atoms with Crippen LogP contribution >= 0.6 is 0 Å². The highest BCUT2D eigenvalue weighted by molar-refractivity contribution is 5.66. The Labute approximate surface area is 72.7 Å². The zero-order chi connectivity index (χ0) is 9.40. The number of hydroxylamine groups is 2. The zero-order valence-corrected chi connectivity index (χ0v) is 7.58. The van der Waals surface area contributed by atoms with Gasteiger partial charge in [-0.15, -0.1) is 0 Å². The van der Waals surface area contributed by atoms with Crippen molar-refractivity contribution in [1.82, 2.24) is 5.06 Å². The molecule has 0 bridgehead atoms. The van der Waals surface area contributed by atoms with Crippen LogP contribution in [-0.4, -0.2) is 30.9 Å². The molecule has 0 aromatic heterocycles. The molecule has 4 heteroatoms. The van der Waals surface area contributed by atoms with Gasteiger partial charge < -0.3 is 4.74 Å². The van der Waals surface area contributed by atoms with Crippen LogP contribution in [0.15, 0.2) is 12.7 Å². The minimum absolute atomic E-state index is 0.211. The van der Waals surface area contributed by atoms with Crippen molar-refractivity contribution in [3.8, 4) is 0 Å². The summed E-state index contributed by atoms with van der Waals surface area (Å²) in [7, 11) is 0. The molecule has 0 spiro atoms. The van der Waals surface area contributed by atoms with E-state index in [2.05, 4.69) is 6.58 Å². The van der Waals surface area contributed by atoms with Crippen LogP contribution in [0.25, 0.3) is 0 Å². The highest BCUT2D eigenvalue weighted by atomic mass is 16.7. The fourth-order valence-corrected chi connectivity index (χ4v) is 0.631. The number of nitrogens with zero attached hydrogens (tertiary/aromatic N) is 1. The summed E-state index contributed by atoms with van der Waals surface area (Å²) in [6, 6.07) is 0. The Bertz CT molecular complexity index is 147. The monoisotopic (exact) mass is 173 g/mol. The molecule has 0 atom stereocenters. The third-order valence-electron chi connectivity index (χ3n) is 1.10. The van der Waals surface area contributed by atoms with Gasteiger partial charge in [-0.1, -0.05) is 12.7 Å². The van der Waals surface area contributed by atoms with Gasteiger partial charge in [0, 0.05) is 6.54 Å². The molecule has 1 amide bonds. The molecule has 0 heterocycles. The van der Waals surface area contributed by atoms with Crippen molar-refractivity contribution in [2.45, 2.75) is 13.8 Å². The Balaban J connectivity index is 3.76. The predicted octanol–water partition coefficient (Wildman–Crippen LogP) is 1.58. The van der Waals surface area contributed by atoms with Gasteiger partial charge in [-0.3, -0.25) is 4.84 Å². The first-order valence-electron chi connectivity index (χ1n) is 3.94. The highest BCUT2D eigenvalue weighted by Gasteiger charge is 2.11. The zero-order valence-electron chi connectivity index (χ0n) is 7.58. The summed E-state index contributed by atoms with van der Waals surface area (Å²) >= 11 is 0. The van der Waals surface area contributed by atoms with Crippen molar-refractivity contribution in [2.75, 3.05) is 19.8 Å². The molecule has 0 saturated carbocycles. The molecule has 0 rings (SSSR count). The van der Waals surface area contributed by atoms with Gasteiger partial charge in [-0.2, -0.15) is 5.06 Å². The van der Waals surface area contributed by atoms with E-state index in [0.717, 1.165) is 0 Å². The molecular weight excluding hydrogens is 158 g/mol. The summed E-state index contributed by atoms with van der Waals surface area (Å²) in [4.78, 5) is 16.0. The van der Waals surface area contributed by atoms with E-state index in [4.69, 9.17) is 9.57 Å². The molecule has 70 valence electrons. The van der Waals surface area contributed by atoms with E-state index in [1.165, 1.54) is 11.1 Å². The van der Waals surface area contributed by atoms with E-state index in [1.807, 2.05) is 13.8 Å². The Morgan fingerprint density at radius 1 is 1.58 bits per heavy atom. The molecule has 0 saturated heterocycles. The van der Waals surface area contributed by atoms with Gasteiger partial charge >= 0.3 is 6.09 Å². The van der Waals surface area contributed by atoms with Crippen molar-refractivity contribution in [3.63, 3.8) is 0 Å². The number of ether oxygens (including phenoxy) is 1. The molecule has 0 aromatic rings. The van der Waals surface area contributed by atoms with Crippen molar-refractivity contribution < 1.29 is 14.4 Å². The fraction of sp³-hybridized carbons (Fsp3) is 0.625. The summed E-state index contributed by atoms with van der Waals surface area (Å²) in [5, 5.41) is 1.17. The lowest BCUT2D eigenvalue weighted by molar-refractivity contribution is -0.127. The van der Waals surface area contributed by atoms with Crippen LogP contribution in [0.4, 0.5) is 4.79 Å². The molecule has 0 aliphatic rings. The van der Waals surface area contributed by atoms with Crippen LogP contribution in [0.5, 0.6) is 0 Å². The average molecular weight is 173 g/mol. The first-order chi connectivity index (χ1) is 5.76. The number of carbonyl (C=O) groups is 1. The normalized spacial score (nSPS) is 9.17. The lowest BCUT2D eigenvalue weighted by atomic mass is 10.7. The highest BCUT2D eigenvalue weighted by Crippen LogP contribution is 1.94. The third-order valence-corrected chi connectivity index (χ3v) is 1.10. The maximum absolute atomic E-state index is 11.1. The van der Waals surface area contributed by atoms with E-state index in [1.54, 1.807) is 0 Å². The minimum atomic E-state index is -0.473. The van der Waals surface area contributed by atoms with Gasteiger partial charge in [-0.05, 0) is 13.8 Å². The van der Waals surface area contributed by atoms with Crippen molar-refractivity contribution in [2.24, 2.45) is 0 Å². The Morgan fingerprint density at radius 2 is 2.25 bits per heavy atom. The van der Waals surface area contributed by atoms with E-state index in [-0.39, 0.29) is 6.61 Å². The molecular formula is C8H15NO3. The molecule has 0 aromatic carbocycles. The van der Waals surface area contributed by atoms with Crippen molar-refractivity contribution in [1.29, 1.82) is 0 Å². The van der Waals surface area contributed by atoms with Crippen LogP contribution < -0.4 is 0 Å². The topological polar surface area (TPSA) is 38.8 Å². The quantitative estimate of drug-likeness (QED) is 0.468. The Hall–Kier alpha value is -1.03. The maximum atomic E-state index is 11.1. The minimum Gasteiger partial charge on any atom is -0.444 e. The molecule has 0 N–H and O–H groups in total. The summed E-state index contributed by atoms with van der Waals surface area (Å²) in [5.74, 6) is 0. The number of carbonyl (C=O) groups excluding carboxylic acids is 1. The molecule has 0 unspecified atom stereocenters. The van der Waals surface area contributed by atoms with Gasteiger partial charge in [0.1, 0.15) is 6.61 Å². The molecule has 0 fully saturated rings. The predicted molar refractivity (Wildman–Crippen MR) is 45.6 cm³/mol. The van der Waals surface area contributed by atoms with Gasteiger partial charge in [0.2, 0.25) is 0 Å². The molecule has 0 aliphatic heterocycles. The van der Waals surface area contributed by atoms with Gasteiger partial charge in [0.05, 0.1) is 6.61 Å². The van der Waals surface area contributed by atoms with E-state index in [9.17, 15) is 4.79 Å². The maximum Gasteiger partial charge on any atom is 0.434 e. The van der Waals surface area contributed by atoms with Crippen LogP contribution in [0, 0.1) is 0 Å². The second-order valence-corrected chi connectivity index (χ2v) is 1.98. The first-order valence-corrected chi connectivity index (χ1v) is 3.94. The lowest BCUT2D eigenvalue weighted by Gasteiger charge is -2.17. The standard InChI is InChI=1S/C8H15NO3/c1-4-7-11-8(10)9(5-2)12-6-3/h4H,1,5-7H2,2-3H3. The largest absolute Gasteiger partial charge is 0.444 e. The SMILES string of the molecule is C=CCOC(=O)N(CC)OCC. The average Bonchev–Trinajstić information content (AvgIpc) is 2.10. The number of hydrogen-bond donors (Lipinski definition) is 0. The van der Waals surface area contributed by atoms with Crippen LogP contribution in [0.3, 0.4) is 0 Å².